The monoisotopic (exact) mass is 235 g/mol. The van der Waals surface area contributed by atoms with E-state index in [0.29, 0.717) is 11.8 Å². The van der Waals surface area contributed by atoms with Gasteiger partial charge < -0.3 is 10.3 Å². The number of hydrogen-bond donors (Lipinski definition) is 1. The number of anilines is 1. The molecule has 3 heteroatoms. The number of rotatable bonds is 6. The molecule has 1 atom stereocenters. The fourth-order valence-electron chi connectivity index (χ4n) is 2.55. The van der Waals surface area contributed by atoms with Crippen LogP contribution in [0, 0.1) is 0 Å². The summed E-state index contributed by atoms with van der Waals surface area (Å²) in [6, 6.07) is 0. The van der Waals surface area contributed by atoms with Gasteiger partial charge in [-0.1, -0.05) is 27.2 Å². The van der Waals surface area contributed by atoms with E-state index in [-0.39, 0.29) is 0 Å². The number of nitrogen functional groups attached to an aromatic ring is 1. The molecule has 0 aromatic carbocycles. The third kappa shape index (κ3) is 2.48. The molecule has 1 aromatic heterocycles. The molecule has 2 rings (SSSR count). The highest BCUT2D eigenvalue weighted by atomic mass is 15.2. The van der Waals surface area contributed by atoms with Crippen molar-refractivity contribution in [2.24, 2.45) is 0 Å². The van der Waals surface area contributed by atoms with Crippen molar-refractivity contribution in [1.29, 1.82) is 0 Å². The highest BCUT2D eigenvalue weighted by molar-refractivity contribution is 5.41. The van der Waals surface area contributed by atoms with E-state index in [4.69, 9.17) is 10.7 Å². The SMILES string of the molecule is CCCC(C)c1nc(C2CC2)n(CCC)c1N. The summed E-state index contributed by atoms with van der Waals surface area (Å²) in [6.07, 6.45) is 6.09. The summed E-state index contributed by atoms with van der Waals surface area (Å²) < 4.78 is 2.26. The van der Waals surface area contributed by atoms with Crippen molar-refractivity contribution < 1.29 is 0 Å². The molecule has 17 heavy (non-hydrogen) atoms. The van der Waals surface area contributed by atoms with E-state index >= 15 is 0 Å². The Morgan fingerprint density at radius 1 is 1.35 bits per heavy atom. The van der Waals surface area contributed by atoms with Crippen LogP contribution in [0.3, 0.4) is 0 Å². The molecular weight excluding hydrogens is 210 g/mol. The molecule has 1 aliphatic carbocycles. The lowest BCUT2D eigenvalue weighted by atomic mass is 10.0. The Bertz CT molecular complexity index is 377. The number of hydrogen-bond acceptors (Lipinski definition) is 2. The maximum atomic E-state index is 6.29. The summed E-state index contributed by atoms with van der Waals surface area (Å²) in [4.78, 5) is 4.85. The molecule has 1 heterocycles. The lowest BCUT2D eigenvalue weighted by Crippen LogP contribution is -2.07. The minimum absolute atomic E-state index is 0.496. The molecule has 0 amide bonds. The van der Waals surface area contributed by atoms with Crippen LogP contribution < -0.4 is 5.73 Å². The fraction of sp³-hybridized carbons (Fsp3) is 0.786. The minimum Gasteiger partial charge on any atom is -0.384 e. The first kappa shape index (κ1) is 12.5. The quantitative estimate of drug-likeness (QED) is 0.817. The molecule has 0 radical (unpaired) electrons. The van der Waals surface area contributed by atoms with Crippen LogP contribution in [0.2, 0.25) is 0 Å². The molecule has 1 fully saturated rings. The van der Waals surface area contributed by atoms with E-state index < -0.39 is 0 Å². The van der Waals surface area contributed by atoms with Crippen molar-refractivity contribution in [3.63, 3.8) is 0 Å². The second-order valence-electron chi connectivity index (χ2n) is 5.36. The molecule has 0 saturated heterocycles. The van der Waals surface area contributed by atoms with Crippen molar-refractivity contribution in [3.8, 4) is 0 Å². The molecular formula is C14H25N3. The number of nitrogens with zero attached hydrogens (tertiary/aromatic N) is 2. The molecule has 3 nitrogen and oxygen atoms in total. The van der Waals surface area contributed by atoms with E-state index in [2.05, 4.69) is 25.3 Å². The number of imidazole rings is 1. The van der Waals surface area contributed by atoms with Crippen LogP contribution in [0.1, 0.15) is 76.2 Å². The van der Waals surface area contributed by atoms with Gasteiger partial charge in [-0.15, -0.1) is 0 Å². The zero-order valence-electron chi connectivity index (χ0n) is 11.4. The smallest absolute Gasteiger partial charge is 0.127 e. The average Bonchev–Trinajstić information content (AvgIpc) is 3.08. The normalized spacial score (nSPS) is 17.4. The maximum Gasteiger partial charge on any atom is 0.127 e. The van der Waals surface area contributed by atoms with Gasteiger partial charge in [0.2, 0.25) is 0 Å². The van der Waals surface area contributed by atoms with Crippen molar-refractivity contribution in [2.45, 2.75) is 71.3 Å². The third-order valence-corrected chi connectivity index (χ3v) is 3.64. The highest BCUT2D eigenvalue weighted by Crippen LogP contribution is 2.42. The van der Waals surface area contributed by atoms with Gasteiger partial charge in [-0.25, -0.2) is 4.98 Å². The lowest BCUT2D eigenvalue weighted by molar-refractivity contribution is 0.646. The van der Waals surface area contributed by atoms with Crippen molar-refractivity contribution in [1.82, 2.24) is 9.55 Å². The van der Waals surface area contributed by atoms with Gasteiger partial charge in [0.25, 0.3) is 0 Å². The van der Waals surface area contributed by atoms with Crippen molar-refractivity contribution in [3.05, 3.63) is 11.5 Å². The van der Waals surface area contributed by atoms with Crippen LogP contribution in [0.25, 0.3) is 0 Å². The van der Waals surface area contributed by atoms with Crippen LogP contribution in [-0.2, 0) is 6.54 Å². The summed E-state index contributed by atoms with van der Waals surface area (Å²) in [5.41, 5.74) is 7.43. The van der Waals surface area contributed by atoms with E-state index in [1.165, 1.54) is 31.5 Å². The number of aromatic nitrogens is 2. The first-order valence-corrected chi connectivity index (χ1v) is 7.04. The largest absolute Gasteiger partial charge is 0.384 e. The minimum atomic E-state index is 0.496. The molecule has 1 unspecified atom stereocenters. The first-order valence-electron chi connectivity index (χ1n) is 7.04. The van der Waals surface area contributed by atoms with Crippen LogP contribution in [0.4, 0.5) is 5.82 Å². The summed E-state index contributed by atoms with van der Waals surface area (Å²) >= 11 is 0. The summed E-state index contributed by atoms with van der Waals surface area (Å²) in [5, 5.41) is 0. The Kier molecular flexibility index (Phi) is 3.75. The molecule has 0 spiro atoms. The summed E-state index contributed by atoms with van der Waals surface area (Å²) in [6.45, 7) is 7.68. The van der Waals surface area contributed by atoms with Gasteiger partial charge in [-0.3, -0.25) is 0 Å². The molecule has 0 aliphatic heterocycles. The molecule has 1 saturated carbocycles. The Balaban J connectivity index is 2.29. The van der Waals surface area contributed by atoms with Gasteiger partial charge in [0.15, 0.2) is 0 Å². The van der Waals surface area contributed by atoms with Gasteiger partial charge in [0.1, 0.15) is 11.6 Å². The molecule has 1 aromatic rings. The molecule has 96 valence electrons. The fourth-order valence-corrected chi connectivity index (χ4v) is 2.55. The predicted octanol–water partition coefficient (Wildman–Crippen LogP) is 3.66. The molecule has 0 bridgehead atoms. The first-order chi connectivity index (χ1) is 8.19. The highest BCUT2D eigenvalue weighted by Gasteiger charge is 2.31. The Morgan fingerprint density at radius 3 is 2.59 bits per heavy atom. The zero-order valence-corrected chi connectivity index (χ0v) is 11.4. The molecule has 2 N–H and O–H groups in total. The van der Waals surface area contributed by atoms with Crippen LogP contribution >= 0.6 is 0 Å². The topological polar surface area (TPSA) is 43.8 Å². The van der Waals surface area contributed by atoms with E-state index in [9.17, 15) is 0 Å². The summed E-state index contributed by atoms with van der Waals surface area (Å²) in [5.74, 6) is 3.36. The third-order valence-electron chi connectivity index (χ3n) is 3.64. The van der Waals surface area contributed by atoms with Gasteiger partial charge >= 0.3 is 0 Å². The van der Waals surface area contributed by atoms with Gasteiger partial charge in [-0.05, 0) is 25.7 Å². The van der Waals surface area contributed by atoms with Crippen molar-refractivity contribution in [2.75, 3.05) is 5.73 Å². The Hall–Kier alpha value is -0.990. The lowest BCUT2D eigenvalue weighted by Gasteiger charge is -2.09. The summed E-state index contributed by atoms with van der Waals surface area (Å²) in [7, 11) is 0. The number of nitrogens with two attached hydrogens (primary N) is 1. The van der Waals surface area contributed by atoms with E-state index in [1.807, 2.05) is 0 Å². The van der Waals surface area contributed by atoms with Crippen molar-refractivity contribution >= 4 is 5.82 Å². The Labute approximate surface area is 104 Å². The second kappa shape index (κ2) is 5.11. The van der Waals surface area contributed by atoms with Gasteiger partial charge in [0, 0.05) is 18.4 Å². The standard InChI is InChI=1S/C14H25N3/c1-4-6-10(3)12-13(15)17(9-5-2)14(16-12)11-7-8-11/h10-11H,4-9,15H2,1-3H3. The van der Waals surface area contributed by atoms with Gasteiger partial charge in [0.05, 0.1) is 5.69 Å². The second-order valence-corrected chi connectivity index (χ2v) is 5.36. The van der Waals surface area contributed by atoms with Crippen LogP contribution in [0.5, 0.6) is 0 Å². The maximum absolute atomic E-state index is 6.29. The van der Waals surface area contributed by atoms with E-state index in [0.717, 1.165) is 24.5 Å². The average molecular weight is 235 g/mol. The molecule has 1 aliphatic rings. The van der Waals surface area contributed by atoms with Gasteiger partial charge in [-0.2, -0.15) is 0 Å². The zero-order chi connectivity index (χ0) is 12.4. The van der Waals surface area contributed by atoms with Crippen LogP contribution in [-0.4, -0.2) is 9.55 Å². The Morgan fingerprint density at radius 2 is 2.06 bits per heavy atom. The predicted molar refractivity (Wildman–Crippen MR) is 72.2 cm³/mol. The van der Waals surface area contributed by atoms with E-state index in [1.54, 1.807) is 0 Å². The van der Waals surface area contributed by atoms with Crippen LogP contribution in [0.15, 0.2) is 0 Å².